The molecule has 0 saturated carbocycles. The van der Waals surface area contributed by atoms with Crippen LogP contribution < -0.4 is 10.8 Å². The lowest BCUT2D eigenvalue weighted by molar-refractivity contribution is -0.138. The van der Waals surface area contributed by atoms with Crippen molar-refractivity contribution in [3.8, 4) is 0 Å². The van der Waals surface area contributed by atoms with Gasteiger partial charge in [-0.2, -0.15) is 5.48 Å². The van der Waals surface area contributed by atoms with E-state index in [-0.39, 0.29) is 24.9 Å². The Hall–Kier alpha value is -2.84. The molecule has 0 radical (unpaired) electrons. The zero-order valence-electron chi connectivity index (χ0n) is 19.3. The third-order valence-corrected chi connectivity index (χ3v) is 6.90. The first-order valence-electron chi connectivity index (χ1n) is 12.1. The van der Waals surface area contributed by atoms with Crippen LogP contribution in [0.1, 0.15) is 53.7 Å². The molecule has 1 fully saturated rings. The van der Waals surface area contributed by atoms with Gasteiger partial charge in [-0.05, 0) is 47.9 Å². The average Bonchev–Trinajstić information content (AvgIpc) is 3.32. The number of rotatable bonds is 7. The summed E-state index contributed by atoms with van der Waals surface area (Å²) < 4.78 is 0. The third-order valence-electron chi connectivity index (χ3n) is 6.90. The number of nitrogens with zero attached hydrogens (tertiary/aromatic N) is 2. The fraction of sp³-hybridized carbons (Fsp3) is 0.407. The van der Waals surface area contributed by atoms with Gasteiger partial charge in [0.25, 0.3) is 0 Å². The highest BCUT2D eigenvalue weighted by molar-refractivity contribution is 5.79. The molecule has 1 saturated heterocycles. The molecule has 5 rings (SSSR count). The number of nitrogens with one attached hydrogen (secondary N) is 2. The molecule has 0 spiro atoms. The summed E-state index contributed by atoms with van der Waals surface area (Å²) in [6, 6.07) is 17.2. The number of hydroxylamine groups is 1. The van der Waals surface area contributed by atoms with Crippen LogP contribution in [0.4, 0.5) is 0 Å². The van der Waals surface area contributed by atoms with Crippen molar-refractivity contribution in [3.63, 3.8) is 0 Å². The molecule has 0 amide bonds. The number of aliphatic imine (C=N–C) groups is 1. The molecule has 2 aromatic rings. The van der Waals surface area contributed by atoms with Crippen molar-refractivity contribution in [1.29, 1.82) is 0 Å². The minimum atomic E-state index is -0.767. The second kappa shape index (κ2) is 10.6. The fourth-order valence-electron chi connectivity index (χ4n) is 5.02. The average molecular weight is 461 g/mol. The van der Waals surface area contributed by atoms with Gasteiger partial charge in [0.1, 0.15) is 6.17 Å². The number of fused-ring (bicyclic) bond motifs is 1. The highest BCUT2D eigenvalue weighted by Crippen LogP contribution is 2.30. The maximum Gasteiger partial charge on any atom is 0.317 e. The van der Waals surface area contributed by atoms with E-state index in [9.17, 15) is 4.79 Å². The first kappa shape index (κ1) is 22.9. The maximum atomic E-state index is 10.9. The summed E-state index contributed by atoms with van der Waals surface area (Å²) in [5.74, 6) is -0.767. The second-order valence-corrected chi connectivity index (χ2v) is 9.34. The van der Waals surface area contributed by atoms with Crippen LogP contribution in [0.5, 0.6) is 0 Å². The Kier molecular flexibility index (Phi) is 7.16. The van der Waals surface area contributed by atoms with Crippen molar-refractivity contribution in [2.45, 2.75) is 44.0 Å². The summed E-state index contributed by atoms with van der Waals surface area (Å²) >= 11 is 0. The smallest absolute Gasteiger partial charge is 0.317 e. The van der Waals surface area contributed by atoms with E-state index in [1.807, 2.05) is 11.1 Å². The van der Waals surface area contributed by atoms with Gasteiger partial charge in [0.15, 0.2) is 0 Å². The molecule has 3 aliphatic rings. The normalized spacial score (nSPS) is 25.3. The molecule has 178 valence electrons. The number of carboxylic acids is 1. The molecule has 3 N–H and O–H groups in total. The number of hydrogen-bond acceptors (Lipinski definition) is 6. The lowest BCUT2D eigenvalue weighted by Crippen LogP contribution is -2.34. The Bertz CT molecular complexity index is 1070. The minimum absolute atomic E-state index is 0.0144. The summed E-state index contributed by atoms with van der Waals surface area (Å²) in [5, 5.41) is 12.4. The van der Waals surface area contributed by atoms with E-state index in [1.54, 1.807) is 0 Å². The SMILES string of the molecule is O=C(O)CN1CC=C(CC2CC(c3ccc(C=NC4NCCc5ccccc54)cc3)NO2)CC1. The van der Waals surface area contributed by atoms with Gasteiger partial charge in [0.05, 0.1) is 18.7 Å². The van der Waals surface area contributed by atoms with Crippen LogP contribution in [-0.4, -0.2) is 54.5 Å². The van der Waals surface area contributed by atoms with Crippen LogP contribution >= 0.6 is 0 Å². The van der Waals surface area contributed by atoms with E-state index in [2.05, 4.69) is 65.4 Å². The van der Waals surface area contributed by atoms with Crippen molar-refractivity contribution < 1.29 is 14.7 Å². The van der Waals surface area contributed by atoms with E-state index in [1.165, 1.54) is 22.3 Å². The number of benzene rings is 2. The monoisotopic (exact) mass is 460 g/mol. The summed E-state index contributed by atoms with van der Waals surface area (Å²) in [5.41, 5.74) is 9.51. The molecular formula is C27H32N4O3. The molecule has 34 heavy (non-hydrogen) atoms. The van der Waals surface area contributed by atoms with Crippen molar-refractivity contribution in [3.05, 3.63) is 82.4 Å². The first-order valence-corrected chi connectivity index (χ1v) is 12.1. The van der Waals surface area contributed by atoms with E-state index in [4.69, 9.17) is 14.9 Å². The number of carboxylic acid groups (broad SMARTS) is 1. The molecule has 7 heteroatoms. The standard InChI is InChI=1S/C27H32N4O3/c32-26(33)18-31-13-10-19(11-14-31)15-23-16-25(30-34-23)22-7-5-20(6-8-22)17-29-27-24-4-2-1-3-21(24)9-12-28-27/h1-8,10,17,23,25,27-28,30H,9,11-16,18H2,(H,32,33). The van der Waals surface area contributed by atoms with Crippen LogP contribution in [0, 0.1) is 0 Å². The molecule has 3 unspecified atom stereocenters. The van der Waals surface area contributed by atoms with Gasteiger partial charge in [0.2, 0.25) is 0 Å². The maximum absolute atomic E-state index is 10.9. The van der Waals surface area contributed by atoms with Crippen molar-refractivity contribution in [2.75, 3.05) is 26.2 Å². The highest BCUT2D eigenvalue weighted by atomic mass is 16.7. The van der Waals surface area contributed by atoms with Crippen LogP contribution in [0.2, 0.25) is 0 Å². The third kappa shape index (κ3) is 5.62. The number of aliphatic carboxylic acids is 1. The topological polar surface area (TPSA) is 86.2 Å². The Balaban J connectivity index is 1.14. The van der Waals surface area contributed by atoms with Gasteiger partial charge in [-0.15, -0.1) is 0 Å². The predicted octanol–water partition coefficient (Wildman–Crippen LogP) is 3.39. The van der Waals surface area contributed by atoms with Crippen molar-refractivity contribution in [1.82, 2.24) is 15.7 Å². The van der Waals surface area contributed by atoms with Crippen LogP contribution in [0.3, 0.4) is 0 Å². The number of hydrogen-bond donors (Lipinski definition) is 3. The van der Waals surface area contributed by atoms with Crippen molar-refractivity contribution in [2.24, 2.45) is 4.99 Å². The van der Waals surface area contributed by atoms with Crippen LogP contribution in [-0.2, 0) is 16.1 Å². The Labute approximate surface area is 200 Å². The van der Waals surface area contributed by atoms with Gasteiger partial charge < -0.3 is 5.11 Å². The van der Waals surface area contributed by atoms with E-state index >= 15 is 0 Å². The first-order chi connectivity index (χ1) is 16.6. The zero-order chi connectivity index (χ0) is 23.3. The Morgan fingerprint density at radius 2 is 2.03 bits per heavy atom. The summed E-state index contributed by atoms with van der Waals surface area (Å²) in [4.78, 5) is 23.5. The second-order valence-electron chi connectivity index (χ2n) is 9.34. The van der Waals surface area contributed by atoms with Gasteiger partial charge in [-0.3, -0.25) is 24.8 Å². The molecular weight excluding hydrogens is 428 g/mol. The van der Waals surface area contributed by atoms with Gasteiger partial charge in [-0.1, -0.05) is 60.2 Å². The molecule has 3 heterocycles. The zero-order valence-corrected chi connectivity index (χ0v) is 19.3. The molecule has 3 atom stereocenters. The summed E-state index contributed by atoms with van der Waals surface area (Å²) in [7, 11) is 0. The molecule has 2 aromatic carbocycles. The fourth-order valence-corrected chi connectivity index (χ4v) is 5.02. The molecule has 0 bridgehead atoms. The number of carbonyl (C=O) groups is 1. The van der Waals surface area contributed by atoms with Crippen molar-refractivity contribution >= 4 is 12.2 Å². The lowest BCUT2D eigenvalue weighted by Gasteiger charge is -2.25. The highest BCUT2D eigenvalue weighted by Gasteiger charge is 2.28. The van der Waals surface area contributed by atoms with Crippen LogP contribution in [0.25, 0.3) is 0 Å². The van der Waals surface area contributed by atoms with Gasteiger partial charge >= 0.3 is 5.97 Å². The molecule has 0 aromatic heterocycles. The van der Waals surface area contributed by atoms with E-state index in [0.29, 0.717) is 6.54 Å². The summed E-state index contributed by atoms with van der Waals surface area (Å²) in [6.07, 6.45) is 8.05. The van der Waals surface area contributed by atoms with E-state index in [0.717, 1.165) is 44.3 Å². The van der Waals surface area contributed by atoms with Gasteiger partial charge in [-0.25, -0.2) is 0 Å². The molecule has 7 nitrogen and oxygen atoms in total. The quantitative estimate of drug-likeness (QED) is 0.434. The minimum Gasteiger partial charge on any atom is -0.480 e. The summed E-state index contributed by atoms with van der Waals surface area (Å²) in [6.45, 7) is 2.56. The largest absolute Gasteiger partial charge is 0.480 e. The lowest BCUT2D eigenvalue weighted by atomic mass is 9.95. The Morgan fingerprint density at radius 1 is 1.18 bits per heavy atom. The molecule has 3 aliphatic heterocycles. The van der Waals surface area contributed by atoms with Gasteiger partial charge in [0, 0.05) is 25.8 Å². The van der Waals surface area contributed by atoms with Crippen LogP contribution in [0.15, 0.2) is 65.2 Å². The molecule has 0 aliphatic carbocycles. The Morgan fingerprint density at radius 3 is 2.82 bits per heavy atom. The van der Waals surface area contributed by atoms with E-state index < -0.39 is 5.97 Å². The predicted molar refractivity (Wildman–Crippen MR) is 132 cm³/mol.